The Morgan fingerprint density at radius 2 is 1.35 bits per heavy atom. The number of hydrogen-bond acceptors (Lipinski definition) is 1. The van der Waals surface area contributed by atoms with Crippen LogP contribution >= 0.6 is 0 Å². The molecule has 1 aliphatic rings. The molecule has 0 amide bonds. The van der Waals surface area contributed by atoms with Crippen molar-refractivity contribution in [1.29, 1.82) is 0 Å². The van der Waals surface area contributed by atoms with Gasteiger partial charge in [0.1, 0.15) is 0 Å². The van der Waals surface area contributed by atoms with Crippen molar-refractivity contribution in [3.8, 4) is 0 Å². The van der Waals surface area contributed by atoms with Gasteiger partial charge in [0.25, 0.3) is 0 Å². The van der Waals surface area contributed by atoms with Crippen LogP contribution in [0.5, 0.6) is 0 Å². The van der Waals surface area contributed by atoms with Gasteiger partial charge < -0.3 is 4.74 Å². The normalized spacial score (nSPS) is 17.8. The highest BCUT2D eigenvalue weighted by Crippen LogP contribution is 2.41. The van der Waals surface area contributed by atoms with E-state index in [9.17, 15) is 0 Å². The second-order valence-corrected chi connectivity index (χ2v) is 5.70. The standard InChI is InChI=1S/C19H22O/c1-4-10-17(11-5-1)16-20-19(14-8-3-9-15-19)18-12-6-2-7-13-18/h1-2,4-7,10-13H,3,8-9,14-16H2. The minimum Gasteiger partial charge on any atom is -0.366 e. The molecule has 0 spiro atoms. The summed E-state index contributed by atoms with van der Waals surface area (Å²) in [5.74, 6) is 0. The number of benzene rings is 2. The van der Waals surface area contributed by atoms with Crippen molar-refractivity contribution in [2.75, 3.05) is 0 Å². The molecule has 3 rings (SSSR count). The van der Waals surface area contributed by atoms with E-state index >= 15 is 0 Å². The summed E-state index contributed by atoms with van der Waals surface area (Å²) in [5, 5.41) is 0. The zero-order valence-corrected chi connectivity index (χ0v) is 11.9. The van der Waals surface area contributed by atoms with Gasteiger partial charge in [0.05, 0.1) is 12.2 Å². The maximum absolute atomic E-state index is 6.44. The lowest BCUT2D eigenvalue weighted by Crippen LogP contribution is -2.32. The average molecular weight is 266 g/mol. The monoisotopic (exact) mass is 266 g/mol. The fourth-order valence-electron chi connectivity index (χ4n) is 3.18. The van der Waals surface area contributed by atoms with Gasteiger partial charge >= 0.3 is 0 Å². The number of ether oxygens (including phenoxy) is 1. The molecule has 1 saturated carbocycles. The molecule has 2 aromatic carbocycles. The van der Waals surface area contributed by atoms with E-state index in [1.54, 1.807) is 0 Å². The topological polar surface area (TPSA) is 9.23 Å². The fraction of sp³-hybridized carbons (Fsp3) is 0.368. The summed E-state index contributed by atoms with van der Waals surface area (Å²) in [6.45, 7) is 0.704. The molecular formula is C19H22O. The second-order valence-electron chi connectivity index (χ2n) is 5.70. The molecule has 1 fully saturated rings. The van der Waals surface area contributed by atoms with Gasteiger partial charge in [-0.3, -0.25) is 0 Å². The zero-order valence-electron chi connectivity index (χ0n) is 11.9. The van der Waals surface area contributed by atoms with E-state index in [0.717, 1.165) is 12.8 Å². The minimum atomic E-state index is -0.0741. The van der Waals surface area contributed by atoms with E-state index in [2.05, 4.69) is 60.7 Å². The van der Waals surface area contributed by atoms with E-state index in [4.69, 9.17) is 4.74 Å². The third-order valence-electron chi connectivity index (χ3n) is 4.32. The van der Waals surface area contributed by atoms with Crippen molar-refractivity contribution in [2.45, 2.75) is 44.3 Å². The smallest absolute Gasteiger partial charge is 0.0935 e. The van der Waals surface area contributed by atoms with Crippen molar-refractivity contribution < 1.29 is 4.74 Å². The van der Waals surface area contributed by atoms with Crippen LogP contribution in [0.3, 0.4) is 0 Å². The van der Waals surface area contributed by atoms with Gasteiger partial charge in [-0.25, -0.2) is 0 Å². The Kier molecular flexibility index (Phi) is 4.17. The predicted octanol–water partition coefficient (Wildman–Crippen LogP) is 5.06. The summed E-state index contributed by atoms with van der Waals surface area (Å²) in [6, 6.07) is 21.3. The molecule has 2 aromatic rings. The van der Waals surface area contributed by atoms with Crippen LogP contribution in [0, 0.1) is 0 Å². The lowest BCUT2D eigenvalue weighted by atomic mass is 9.79. The van der Waals surface area contributed by atoms with E-state index in [0.29, 0.717) is 6.61 Å². The van der Waals surface area contributed by atoms with E-state index < -0.39 is 0 Å². The Morgan fingerprint density at radius 3 is 2.00 bits per heavy atom. The van der Waals surface area contributed by atoms with E-state index in [1.807, 2.05) is 0 Å². The quantitative estimate of drug-likeness (QED) is 0.751. The summed E-state index contributed by atoms with van der Waals surface area (Å²) in [5.41, 5.74) is 2.53. The summed E-state index contributed by atoms with van der Waals surface area (Å²) in [6.07, 6.45) is 6.16. The molecule has 0 atom stereocenters. The first-order chi connectivity index (χ1) is 9.89. The lowest BCUT2D eigenvalue weighted by molar-refractivity contribution is -0.0864. The third-order valence-corrected chi connectivity index (χ3v) is 4.32. The Balaban J connectivity index is 1.80. The van der Waals surface area contributed by atoms with Gasteiger partial charge in [-0.1, -0.05) is 79.9 Å². The van der Waals surface area contributed by atoms with Crippen molar-refractivity contribution in [3.63, 3.8) is 0 Å². The molecule has 0 bridgehead atoms. The van der Waals surface area contributed by atoms with Crippen LogP contribution < -0.4 is 0 Å². The molecule has 1 heteroatoms. The Labute approximate surface area is 121 Å². The molecule has 0 heterocycles. The molecule has 20 heavy (non-hydrogen) atoms. The maximum atomic E-state index is 6.44. The van der Waals surface area contributed by atoms with E-state index in [1.165, 1.54) is 30.4 Å². The van der Waals surface area contributed by atoms with Gasteiger partial charge in [0, 0.05) is 0 Å². The highest BCUT2D eigenvalue weighted by molar-refractivity contribution is 5.23. The zero-order chi connectivity index (χ0) is 13.7. The molecule has 0 N–H and O–H groups in total. The lowest BCUT2D eigenvalue weighted by Gasteiger charge is -2.38. The van der Waals surface area contributed by atoms with Crippen molar-refractivity contribution in [1.82, 2.24) is 0 Å². The first-order valence-electron chi connectivity index (χ1n) is 7.62. The Morgan fingerprint density at radius 1 is 0.750 bits per heavy atom. The molecule has 0 radical (unpaired) electrons. The molecular weight excluding hydrogens is 244 g/mol. The molecule has 0 saturated heterocycles. The summed E-state index contributed by atoms with van der Waals surface area (Å²) < 4.78 is 6.44. The fourth-order valence-corrected chi connectivity index (χ4v) is 3.18. The van der Waals surface area contributed by atoms with Gasteiger partial charge in [-0.15, -0.1) is 0 Å². The first kappa shape index (κ1) is 13.4. The number of hydrogen-bond donors (Lipinski definition) is 0. The summed E-state index contributed by atoms with van der Waals surface area (Å²) in [7, 11) is 0. The molecule has 0 aromatic heterocycles. The molecule has 0 aliphatic heterocycles. The van der Waals surface area contributed by atoms with Gasteiger partial charge in [-0.05, 0) is 24.0 Å². The molecule has 1 nitrogen and oxygen atoms in total. The average Bonchev–Trinajstić information content (AvgIpc) is 2.56. The van der Waals surface area contributed by atoms with Crippen molar-refractivity contribution in [2.24, 2.45) is 0 Å². The van der Waals surface area contributed by atoms with Gasteiger partial charge in [0.2, 0.25) is 0 Å². The molecule has 0 unspecified atom stereocenters. The predicted molar refractivity (Wildman–Crippen MR) is 82.4 cm³/mol. The van der Waals surface area contributed by atoms with Crippen molar-refractivity contribution >= 4 is 0 Å². The van der Waals surface area contributed by atoms with Crippen LogP contribution in [-0.2, 0) is 16.9 Å². The van der Waals surface area contributed by atoms with Crippen LogP contribution in [0.1, 0.15) is 43.2 Å². The molecule has 104 valence electrons. The van der Waals surface area contributed by atoms with E-state index in [-0.39, 0.29) is 5.60 Å². The highest BCUT2D eigenvalue weighted by atomic mass is 16.5. The maximum Gasteiger partial charge on any atom is 0.0935 e. The Bertz CT molecular complexity index is 512. The third kappa shape index (κ3) is 2.94. The number of rotatable bonds is 4. The van der Waals surface area contributed by atoms with Gasteiger partial charge in [-0.2, -0.15) is 0 Å². The second kappa shape index (κ2) is 6.23. The Hall–Kier alpha value is -1.60. The van der Waals surface area contributed by atoms with Crippen LogP contribution in [0.25, 0.3) is 0 Å². The first-order valence-corrected chi connectivity index (χ1v) is 7.62. The van der Waals surface area contributed by atoms with Crippen LogP contribution in [-0.4, -0.2) is 0 Å². The largest absolute Gasteiger partial charge is 0.366 e. The SMILES string of the molecule is c1ccc(COC2(c3ccccc3)CCCCC2)cc1. The van der Waals surface area contributed by atoms with Crippen LogP contribution in [0.4, 0.5) is 0 Å². The van der Waals surface area contributed by atoms with Gasteiger partial charge in [0.15, 0.2) is 0 Å². The summed E-state index contributed by atoms with van der Waals surface area (Å²) in [4.78, 5) is 0. The highest BCUT2D eigenvalue weighted by Gasteiger charge is 2.34. The summed E-state index contributed by atoms with van der Waals surface area (Å²) >= 11 is 0. The molecule has 1 aliphatic carbocycles. The van der Waals surface area contributed by atoms with Crippen molar-refractivity contribution in [3.05, 3.63) is 71.8 Å². The van der Waals surface area contributed by atoms with Crippen LogP contribution in [0.2, 0.25) is 0 Å². The minimum absolute atomic E-state index is 0.0741. The van der Waals surface area contributed by atoms with Crippen LogP contribution in [0.15, 0.2) is 60.7 Å².